The van der Waals surface area contributed by atoms with Crippen molar-refractivity contribution in [3.63, 3.8) is 0 Å². The van der Waals surface area contributed by atoms with Gasteiger partial charge < -0.3 is 9.73 Å². The summed E-state index contributed by atoms with van der Waals surface area (Å²) in [6, 6.07) is 6.11. The molecule has 0 aliphatic carbocycles. The molecular formula is C10H9N3OS. The average Bonchev–Trinajstić information content (AvgIpc) is 2.84. The molecule has 15 heavy (non-hydrogen) atoms. The zero-order chi connectivity index (χ0) is 10.3. The van der Waals surface area contributed by atoms with Crippen LogP contribution in [0, 0.1) is 4.84 Å². The highest BCUT2D eigenvalue weighted by Crippen LogP contribution is 2.27. The van der Waals surface area contributed by atoms with Crippen molar-refractivity contribution < 1.29 is 4.42 Å². The van der Waals surface area contributed by atoms with E-state index in [1.807, 2.05) is 12.1 Å². The van der Waals surface area contributed by atoms with Crippen molar-refractivity contribution in [3.05, 3.63) is 28.6 Å². The molecule has 0 spiro atoms. The largest absolute Gasteiger partial charge is 0.409 e. The number of hydrogen-bond donors (Lipinski definition) is 2. The van der Waals surface area contributed by atoms with E-state index in [0.717, 1.165) is 18.5 Å². The molecule has 0 atom stereocenters. The van der Waals surface area contributed by atoms with Crippen molar-refractivity contribution in [1.82, 2.24) is 10.2 Å². The maximum absolute atomic E-state index is 5.26. The van der Waals surface area contributed by atoms with Gasteiger partial charge in [-0.15, -0.1) is 5.10 Å². The van der Waals surface area contributed by atoms with Gasteiger partial charge in [0.25, 0.3) is 4.84 Å². The number of nitrogens with zero attached hydrogens (tertiary/aromatic N) is 1. The Balaban J connectivity index is 2.10. The molecule has 0 saturated heterocycles. The molecule has 0 bridgehead atoms. The Bertz CT molecular complexity index is 558. The van der Waals surface area contributed by atoms with Gasteiger partial charge in [-0.1, -0.05) is 0 Å². The average molecular weight is 219 g/mol. The zero-order valence-corrected chi connectivity index (χ0v) is 8.73. The van der Waals surface area contributed by atoms with Crippen LogP contribution in [-0.4, -0.2) is 16.7 Å². The van der Waals surface area contributed by atoms with Crippen LogP contribution in [0.3, 0.4) is 0 Å². The molecule has 76 valence electrons. The number of H-pyrrole nitrogens is 1. The van der Waals surface area contributed by atoms with Crippen molar-refractivity contribution in [2.24, 2.45) is 0 Å². The SMILES string of the molecule is S=c1[nH]nc(-c2ccc3c(c2)CCN3)o1. The monoisotopic (exact) mass is 219 g/mol. The summed E-state index contributed by atoms with van der Waals surface area (Å²) in [4.78, 5) is 0.309. The van der Waals surface area contributed by atoms with Crippen LogP contribution < -0.4 is 5.32 Å². The van der Waals surface area contributed by atoms with E-state index in [-0.39, 0.29) is 0 Å². The third-order valence-electron chi connectivity index (χ3n) is 2.50. The molecule has 1 aromatic heterocycles. The van der Waals surface area contributed by atoms with E-state index >= 15 is 0 Å². The highest BCUT2D eigenvalue weighted by molar-refractivity contribution is 7.71. The van der Waals surface area contributed by atoms with Crippen LogP contribution in [0.25, 0.3) is 11.5 Å². The molecule has 0 radical (unpaired) electrons. The van der Waals surface area contributed by atoms with Crippen molar-refractivity contribution in [2.75, 3.05) is 11.9 Å². The molecule has 2 aromatic rings. The molecule has 0 amide bonds. The lowest BCUT2D eigenvalue weighted by molar-refractivity contribution is 0.552. The fourth-order valence-corrected chi connectivity index (χ4v) is 1.92. The van der Waals surface area contributed by atoms with E-state index in [4.69, 9.17) is 16.6 Å². The summed E-state index contributed by atoms with van der Waals surface area (Å²) in [5.41, 5.74) is 3.47. The van der Waals surface area contributed by atoms with Gasteiger partial charge in [-0.25, -0.2) is 5.10 Å². The van der Waals surface area contributed by atoms with Gasteiger partial charge in [-0.05, 0) is 42.4 Å². The predicted molar refractivity (Wildman–Crippen MR) is 59.3 cm³/mol. The maximum atomic E-state index is 5.26. The van der Waals surface area contributed by atoms with Crippen LogP contribution in [0.2, 0.25) is 0 Å². The van der Waals surface area contributed by atoms with Gasteiger partial charge in [-0.3, -0.25) is 0 Å². The lowest BCUT2D eigenvalue weighted by Gasteiger charge is -2.00. The Labute approximate surface area is 91.3 Å². The standard InChI is InChI=1S/C10H9N3OS/c15-10-13-12-9(14-10)7-1-2-8-6(5-7)3-4-11-8/h1-2,5,11H,3-4H2,(H,13,15). The summed E-state index contributed by atoms with van der Waals surface area (Å²) in [6.07, 6.45) is 1.05. The van der Waals surface area contributed by atoms with Crippen LogP contribution in [0.4, 0.5) is 5.69 Å². The Morgan fingerprint density at radius 3 is 3.13 bits per heavy atom. The van der Waals surface area contributed by atoms with Crippen molar-refractivity contribution in [1.29, 1.82) is 0 Å². The molecular weight excluding hydrogens is 210 g/mol. The summed E-state index contributed by atoms with van der Waals surface area (Å²) in [6.45, 7) is 1.00. The number of rotatable bonds is 1. The lowest BCUT2D eigenvalue weighted by Crippen LogP contribution is -1.90. The fraction of sp³-hybridized carbons (Fsp3) is 0.200. The van der Waals surface area contributed by atoms with Gasteiger partial charge in [0, 0.05) is 17.8 Å². The molecule has 4 nitrogen and oxygen atoms in total. The van der Waals surface area contributed by atoms with Crippen LogP contribution in [0.5, 0.6) is 0 Å². The van der Waals surface area contributed by atoms with Gasteiger partial charge in [0.1, 0.15) is 0 Å². The van der Waals surface area contributed by atoms with E-state index in [9.17, 15) is 0 Å². The summed E-state index contributed by atoms with van der Waals surface area (Å²) < 4.78 is 5.26. The normalized spacial score (nSPS) is 13.6. The highest BCUT2D eigenvalue weighted by Gasteiger charge is 2.12. The molecule has 1 aliphatic heterocycles. The van der Waals surface area contributed by atoms with Crippen molar-refractivity contribution >= 4 is 17.9 Å². The highest BCUT2D eigenvalue weighted by atomic mass is 32.1. The quantitative estimate of drug-likeness (QED) is 0.723. The van der Waals surface area contributed by atoms with Crippen LogP contribution >= 0.6 is 12.2 Å². The minimum Gasteiger partial charge on any atom is -0.409 e. The molecule has 1 aromatic carbocycles. The Hall–Kier alpha value is -1.62. The number of hydrogen-bond acceptors (Lipinski definition) is 4. The first-order valence-corrected chi connectivity index (χ1v) is 5.16. The summed E-state index contributed by atoms with van der Waals surface area (Å²) in [5, 5.41) is 9.92. The maximum Gasteiger partial charge on any atom is 0.284 e. The number of nitrogens with one attached hydrogen (secondary N) is 2. The molecule has 1 aliphatic rings. The second kappa shape index (κ2) is 3.20. The lowest BCUT2D eigenvalue weighted by atomic mass is 10.1. The molecule has 5 heteroatoms. The Morgan fingerprint density at radius 1 is 1.40 bits per heavy atom. The van der Waals surface area contributed by atoms with Gasteiger partial charge in [0.2, 0.25) is 5.89 Å². The van der Waals surface area contributed by atoms with Crippen LogP contribution in [0.1, 0.15) is 5.56 Å². The molecule has 0 saturated carbocycles. The summed E-state index contributed by atoms with van der Waals surface area (Å²) in [5.74, 6) is 0.551. The second-order valence-electron chi connectivity index (χ2n) is 3.47. The van der Waals surface area contributed by atoms with Gasteiger partial charge in [0.05, 0.1) is 0 Å². The first kappa shape index (κ1) is 8.67. The number of aromatic amines is 1. The summed E-state index contributed by atoms with van der Waals surface area (Å²) >= 11 is 4.84. The molecule has 2 N–H and O–H groups in total. The third-order valence-corrected chi connectivity index (χ3v) is 2.67. The van der Waals surface area contributed by atoms with E-state index < -0.39 is 0 Å². The van der Waals surface area contributed by atoms with E-state index in [2.05, 4.69) is 21.6 Å². The van der Waals surface area contributed by atoms with Gasteiger partial charge >= 0.3 is 0 Å². The topological polar surface area (TPSA) is 53.9 Å². The summed E-state index contributed by atoms with van der Waals surface area (Å²) in [7, 11) is 0. The third kappa shape index (κ3) is 1.45. The minimum absolute atomic E-state index is 0.309. The fourth-order valence-electron chi connectivity index (χ4n) is 1.79. The first-order chi connectivity index (χ1) is 7.33. The predicted octanol–water partition coefficient (Wildman–Crippen LogP) is 2.37. The van der Waals surface area contributed by atoms with Crippen LogP contribution in [-0.2, 0) is 6.42 Å². The Morgan fingerprint density at radius 2 is 2.33 bits per heavy atom. The molecule has 3 rings (SSSR count). The minimum atomic E-state index is 0.309. The zero-order valence-electron chi connectivity index (χ0n) is 7.91. The first-order valence-electron chi connectivity index (χ1n) is 4.75. The second-order valence-corrected chi connectivity index (χ2v) is 3.84. The number of anilines is 1. The molecule has 0 unspecified atom stereocenters. The van der Waals surface area contributed by atoms with Crippen molar-refractivity contribution in [2.45, 2.75) is 6.42 Å². The van der Waals surface area contributed by atoms with E-state index in [1.165, 1.54) is 11.3 Å². The smallest absolute Gasteiger partial charge is 0.284 e. The Kier molecular flexibility index (Phi) is 1.85. The van der Waals surface area contributed by atoms with Crippen LogP contribution in [0.15, 0.2) is 22.6 Å². The van der Waals surface area contributed by atoms with Gasteiger partial charge in [-0.2, -0.15) is 0 Å². The molecule has 2 heterocycles. The van der Waals surface area contributed by atoms with Crippen molar-refractivity contribution in [3.8, 4) is 11.5 Å². The molecule has 0 fully saturated rings. The van der Waals surface area contributed by atoms with E-state index in [1.54, 1.807) is 0 Å². The number of fused-ring (bicyclic) bond motifs is 1. The van der Waals surface area contributed by atoms with Gasteiger partial charge in [0.15, 0.2) is 0 Å². The van der Waals surface area contributed by atoms with E-state index in [0.29, 0.717) is 10.7 Å². The number of benzene rings is 1. The number of aromatic nitrogens is 2.